The largest absolute Gasteiger partial charge is 0.497 e. The first kappa shape index (κ1) is 13.9. The maximum atomic E-state index is 12.3. The van der Waals surface area contributed by atoms with Crippen LogP contribution < -0.4 is 15.8 Å². The molecule has 0 saturated carbocycles. The number of aryl methyl sites for hydroxylation is 2. The number of amides is 1. The molecular weight excluding hydrogens is 252 g/mol. The van der Waals surface area contributed by atoms with Gasteiger partial charge in [0.2, 0.25) is 0 Å². The van der Waals surface area contributed by atoms with Crippen molar-refractivity contribution >= 4 is 17.3 Å². The number of hydrogen-bond acceptors (Lipinski definition) is 3. The summed E-state index contributed by atoms with van der Waals surface area (Å²) in [6.07, 6.45) is 0. The molecule has 0 saturated heterocycles. The van der Waals surface area contributed by atoms with Crippen LogP contribution in [0.5, 0.6) is 5.75 Å². The summed E-state index contributed by atoms with van der Waals surface area (Å²) in [5, 5.41) is 2.90. The predicted octanol–water partition coefficient (Wildman–Crippen LogP) is 3.15. The SMILES string of the molecule is COc1ccc(NC(=O)c2ccc(N)cc2C)c(C)c1. The first-order valence-electron chi connectivity index (χ1n) is 6.33. The summed E-state index contributed by atoms with van der Waals surface area (Å²) in [5.74, 6) is 0.625. The van der Waals surface area contributed by atoms with Crippen LogP contribution in [0.4, 0.5) is 11.4 Å². The second-order valence-corrected chi connectivity index (χ2v) is 4.71. The molecule has 0 aromatic heterocycles. The van der Waals surface area contributed by atoms with Gasteiger partial charge in [-0.2, -0.15) is 0 Å². The van der Waals surface area contributed by atoms with Gasteiger partial charge in [-0.05, 0) is 61.4 Å². The first-order chi connectivity index (χ1) is 9.51. The number of hydrogen-bond donors (Lipinski definition) is 2. The van der Waals surface area contributed by atoms with E-state index >= 15 is 0 Å². The molecule has 0 heterocycles. The number of rotatable bonds is 3. The number of nitrogens with two attached hydrogens (primary N) is 1. The van der Waals surface area contributed by atoms with Gasteiger partial charge < -0.3 is 15.8 Å². The first-order valence-corrected chi connectivity index (χ1v) is 6.33. The van der Waals surface area contributed by atoms with Gasteiger partial charge in [0.1, 0.15) is 5.75 Å². The van der Waals surface area contributed by atoms with Crippen molar-refractivity contribution in [3.05, 3.63) is 53.1 Å². The third kappa shape index (κ3) is 2.91. The predicted molar refractivity (Wildman–Crippen MR) is 81.3 cm³/mol. The van der Waals surface area contributed by atoms with Crippen LogP contribution in [0.25, 0.3) is 0 Å². The van der Waals surface area contributed by atoms with Crippen molar-refractivity contribution < 1.29 is 9.53 Å². The van der Waals surface area contributed by atoms with Crippen molar-refractivity contribution in [3.8, 4) is 5.75 Å². The van der Waals surface area contributed by atoms with E-state index in [1.54, 1.807) is 25.3 Å². The Kier molecular flexibility index (Phi) is 3.94. The van der Waals surface area contributed by atoms with E-state index < -0.39 is 0 Å². The standard InChI is InChI=1S/C16H18N2O2/c1-10-8-12(17)4-6-14(10)16(19)18-15-7-5-13(20-3)9-11(15)2/h4-9H,17H2,1-3H3,(H,18,19). The van der Waals surface area contributed by atoms with Crippen LogP contribution in [0.3, 0.4) is 0 Å². The Labute approximate surface area is 118 Å². The Bertz CT molecular complexity index is 651. The summed E-state index contributed by atoms with van der Waals surface area (Å²) in [6, 6.07) is 10.8. The zero-order valence-electron chi connectivity index (χ0n) is 11.9. The van der Waals surface area contributed by atoms with Crippen LogP contribution in [-0.2, 0) is 0 Å². The van der Waals surface area contributed by atoms with Crippen LogP contribution in [0.2, 0.25) is 0 Å². The zero-order chi connectivity index (χ0) is 14.7. The van der Waals surface area contributed by atoms with E-state index in [-0.39, 0.29) is 5.91 Å². The minimum Gasteiger partial charge on any atom is -0.497 e. The van der Waals surface area contributed by atoms with E-state index in [9.17, 15) is 4.79 Å². The Morgan fingerprint density at radius 2 is 1.85 bits per heavy atom. The van der Waals surface area contributed by atoms with Gasteiger partial charge in [-0.1, -0.05) is 0 Å². The minimum atomic E-state index is -0.143. The van der Waals surface area contributed by atoms with Gasteiger partial charge in [-0.25, -0.2) is 0 Å². The monoisotopic (exact) mass is 270 g/mol. The lowest BCUT2D eigenvalue weighted by Gasteiger charge is -2.11. The summed E-state index contributed by atoms with van der Waals surface area (Å²) in [6.45, 7) is 3.79. The molecule has 1 amide bonds. The fourth-order valence-corrected chi connectivity index (χ4v) is 2.03. The van der Waals surface area contributed by atoms with Crippen LogP contribution in [-0.4, -0.2) is 13.0 Å². The number of benzene rings is 2. The summed E-state index contributed by atoms with van der Waals surface area (Å²) in [4.78, 5) is 12.3. The van der Waals surface area contributed by atoms with Gasteiger partial charge in [-0.3, -0.25) is 4.79 Å². The molecule has 0 fully saturated rings. The number of carbonyl (C=O) groups is 1. The summed E-state index contributed by atoms with van der Waals surface area (Å²) in [7, 11) is 1.62. The lowest BCUT2D eigenvalue weighted by Crippen LogP contribution is -2.14. The average Bonchev–Trinajstić information content (AvgIpc) is 2.40. The minimum absolute atomic E-state index is 0.143. The maximum Gasteiger partial charge on any atom is 0.255 e. The maximum absolute atomic E-state index is 12.3. The normalized spacial score (nSPS) is 10.2. The van der Waals surface area contributed by atoms with Crippen molar-refractivity contribution in [3.63, 3.8) is 0 Å². The lowest BCUT2D eigenvalue weighted by atomic mass is 10.1. The molecule has 4 heteroatoms. The molecule has 0 aliphatic carbocycles. The molecular formula is C16H18N2O2. The van der Waals surface area contributed by atoms with E-state index in [0.29, 0.717) is 11.3 Å². The fourth-order valence-electron chi connectivity index (χ4n) is 2.03. The van der Waals surface area contributed by atoms with Crippen LogP contribution in [0, 0.1) is 13.8 Å². The quantitative estimate of drug-likeness (QED) is 0.842. The topological polar surface area (TPSA) is 64.3 Å². The van der Waals surface area contributed by atoms with E-state index in [0.717, 1.165) is 22.6 Å². The van der Waals surface area contributed by atoms with Gasteiger partial charge in [-0.15, -0.1) is 0 Å². The highest BCUT2D eigenvalue weighted by Crippen LogP contribution is 2.22. The van der Waals surface area contributed by atoms with Gasteiger partial charge in [0.25, 0.3) is 5.91 Å². The van der Waals surface area contributed by atoms with Crippen molar-refractivity contribution in [1.29, 1.82) is 0 Å². The molecule has 0 aliphatic rings. The second-order valence-electron chi connectivity index (χ2n) is 4.71. The summed E-state index contributed by atoms with van der Waals surface area (Å²) >= 11 is 0. The second kappa shape index (κ2) is 5.65. The molecule has 0 atom stereocenters. The van der Waals surface area contributed by atoms with Crippen molar-refractivity contribution in [1.82, 2.24) is 0 Å². The highest BCUT2D eigenvalue weighted by atomic mass is 16.5. The third-order valence-corrected chi connectivity index (χ3v) is 3.18. The Hall–Kier alpha value is -2.49. The van der Waals surface area contributed by atoms with Gasteiger partial charge in [0, 0.05) is 16.9 Å². The van der Waals surface area contributed by atoms with Gasteiger partial charge in [0.05, 0.1) is 7.11 Å². The van der Waals surface area contributed by atoms with E-state index in [1.807, 2.05) is 32.0 Å². The molecule has 104 valence electrons. The third-order valence-electron chi connectivity index (χ3n) is 3.18. The van der Waals surface area contributed by atoms with Gasteiger partial charge in [0.15, 0.2) is 0 Å². The Balaban J connectivity index is 2.23. The van der Waals surface area contributed by atoms with Crippen molar-refractivity contribution in [2.24, 2.45) is 0 Å². The molecule has 0 aliphatic heterocycles. The molecule has 0 radical (unpaired) electrons. The zero-order valence-corrected chi connectivity index (χ0v) is 11.9. The number of carbonyl (C=O) groups excluding carboxylic acids is 1. The average molecular weight is 270 g/mol. The highest BCUT2D eigenvalue weighted by Gasteiger charge is 2.11. The van der Waals surface area contributed by atoms with Gasteiger partial charge >= 0.3 is 0 Å². The van der Waals surface area contributed by atoms with E-state index in [4.69, 9.17) is 10.5 Å². The van der Waals surface area contributed by atoms with E-state index in [1.165, 1.54) is 0 Å². The smallest absolute Gasteiger partial charge is 0.255 e. The van der Waals surface area contributed by atoms with Crippen LogP contribution in [0.1, 0.15) is 21.5 Å². The molecule has 0 bridgehead atoms. The molecule has 0 spiro atoms. The number of nitrogens with one attached hydrogen (secondary N) is 1. The number of nitrogen functional groups attached to an aromatic ring is 1. The Morgan fingerprint density at radius 1 is 1.10 bits per heavy atom. The molecule has 3 N–H and O–H groups in total. The number of methoxy groups -OCH3 is 1. The van der Waals surface area contributed by atoms with Crippen LogP contribution in [0.15, 0.2) is 36.4 Å². The lowest BCUT2D eigenvalue weighted by molar-refractivity contribution is 0.102. The molecule has 2 aromatic rings. The van der Waals surface area contributed by atoms with Crippen molar-refractivity contribution in [2.45, 2.75) is 13.8 Å². The summed E-state index contributed by atoms with van der Waals surface area (Å²) in [5.41, 5.74) is 9.54. The van der Waals surface area contributed by atoms with E-state index in [2.05, 4.69) is 5.32 Å². The highest BCUT2D eigenvalue weighted by molar-refractivity contribution is 6.05. The number of ether oxygens (including phenoxy) is 1. The molecule has 2 rings (SSSR count). The molecule has 20 heavy (non-hydrogen) atoms. The molecule has 2 aromatic carbocycles. The summed E-state index contributed by atoms with van der Waals surface area (Å²) < 4.78 is 5.15. The molecule has 4 nitrogen and oxygen atoms in total. The fraction of sp³-hybridized carbons (Fsp3) is 0.188. The van der Waals surface area contributed by atoms with Crippen LogP contribution >= 0.6 is 0 Å². The number of anilines is 2. The van der Waals surface area contributed by atoms with Crippen molar-refractivity contribution in [2.75, 3.05) is 18.2 Å². The Morgan fingerprint density at radius 3 is 2.45 bits per heavy atom. The molecule has 0 unspecified atom stereocenters.